The van der Waals surface area contributed by atoms with E-state index in [1.165, 1.54) is 0 Å². The number of carbonyl (C=O) groups is 1. The Hall–Kier alpha value is -0.330. The van der Waals surface area contributed by atoms with E-state index in [4.69, 9.17) is 11.6 Å². The molecule has 1 aliphatic rings. The van der Waals surface area contributed by atoms with Gasteiger partial charge in [0.1, 0.15) is 0 Å². The normalized spacial score (nSPS) is 18.9. The summed E-state index contributed by atoms with van der Waals surface area (Å²) < 4.78 is 0.961. The summed E-state index contributed by atoms with van der Waals surface area (Å²) in [7, 11) is 0. The molecule has 1 aromatic rings. The summed E-state index contributed by atoms with van der Waals surface area (Å²) in [5.74, 6) is 0.103. The smallest absolute Gasteiger partial charge is 0.255 e. The van der Waals surface area contributed by atoms with Crippen LogP contribution in [0, 0.1) is 3.57 Å². The van der Waals surface area contributed by atoms with Crippen molar-refractivity contribution in [3.8, 4) is 0 Å². The molecule has 110 valence electrons. The summed E-state index contributed by atoms with van der Waals surface area (Å²) in [6.45, 7) is 8.09. The van der Waals surface area contributed by atoms with E-state index in [1.807, 2.05) is 17.0 Å². The molecule has 1 saturated heterocycles. The minimum atomic E-state index is 0.103. The van der Waals surface area contributed by atoms with Gasteiger partial charge in [-0.25, -0.2) is 0 Å². The Labute approximate surface area is 139 Å². The van der Waals surface area contributed by atoms with Crippen molar-refractivity contribution in [2.75, 3.05) is 26.2 Å². The van der Waals surface area contributed by atoms with Gasteiger partial charge in [-0.1, -0.05) is 25.4 Å². The van der Waals surface area contributed by atoms with E-state index in [0.717, 1.165) is 41.7 Å². The van der Waals surface area contributed by atoms with Crippen LogP contribution in [0.1, 0.15) is 30.6 Å². The van der Waals surface area contributed by atoms with Crippen LogP contribution in [0.4, 0.5) is 0 Å². The molecule has 0 radical (unpaired) electrons. The first kappa shape index (κ1) is 16.0. The van der Waals surface area contributed by atoms with Crippen LogP contribution in [0.2, 0.25) is 5.02 Å². The molecule has 1 amide bonds. The third kappa shape index (κ3) is 3.46. The zero-order chi connectivity index (χ0) is 14.7. The fourth-order valence-corrected chi connectivity index (χ4v) is 3.53. The fourth-order valence-electron chi connectivity index (χ4n) is 2.80. The summed E-state index contributed by atoms with van der Waals surface area (Å²) >= 11 is 8.20. The Morgan fingerprint density at radius 2 is 2.15 bits per heavy atom. The van der Waals surface area contributed by atoms with Gasteiger partial charge in [0.25, 0.3) is 5.91 Å². The Balaban J connectivity index is 2.10. The third-order valence-corrected chi connectivity index (χ3v) is 5.11. The first-order chi connectivity index (χ1) is 9.56. The van der Waals surface area contributed by atoms with E-state index in [1.54, 1.807) is 6.07 Å². The number of nitrogens with zero attached hydrogens (tertiary/aromatic N) is 2. The number of rotatable bonds is 4. The van der Waals surface area contributed by atoms with Crippen LogP contribution in [0.3, 0.4) is 0 Å². The zero-order valence-corrected chi connectivity index (χ0v) is 14.8. The van der Waals surface area contributed by atoms with Gasteiger partial charge in [0.05, 0.1) is 5.56 Å². The van der Waals surface area contributed by atoms with Crippen LogP contribution >= 0.6 is 34.2 Å². The number of amides is 1. The monoisotopic (exact) mass is 406 g/mol. The molecule has 5 heteroatoms. The SMILES string of the molecule is CCN(CC)C1CCN(C(=O)c2cc(Cl)ccc2I)C1. The molecule has 0 aliphatic carbocycles. The average Bonchev–Trinajstić information content (AvgIpc) is 2.92. The number of hydrogen-bond donors (Lipinski definition) is 0. The van der Waals surface area contributed by atoms with Crippen LogP contribution in [0.15, 0.2) is 18.2 Å². The van der Waals surface area contributed by atoms with Gasteiger partial charge in [-0.15, -0.1) is 0 Å². The minimum Gasteiger partial charge on any atom is -0.337 e. The highest BCUT2D eigenvalue weighted by molar-refractivity contribution is 14.1. The topological polar surface area (TPSA) is 23.6 Å². The van der Waals surface area contributed by atoms with Gasteiger partial charge in [-0.3, -0.25) is 9.69 Å². The van der Waals surface area contributed by atoms with Gasteiger partial charge in [-0.05, 0) is 60.3 Å². The lowest BCUT2D eigenvalue weighted by Crippen LogP contribution is -2.38. The first-order valence-electron chi connectivity index (χ1n) is 7.05. The van der Waals surface area contributed by atoms with Crippen LogP contribution < -0.4 is 0 Å². The first-order valence-corrected chi connectivity index (χ1v) is 8.50. The molecule has 1 atom stereocenters. The second-order valence-electron chi connectivity index (χ2n) is 5.04. The summed E-state index contributed by atoms with van der Waals surface area (Å²) in [6, 6.07) is 5.98. The molecule has 1 aliphatic heterocycles. The summed E-state index contributed by atoms with van der Waals surface area (Å²) in [4.78, 5) is 17.0. The molecule has 1 aromatic carbocycles. The van der Waals surface area contributed by atoms with Crippen molar-refractivity contribution >= 4 is 40.1 Å². The number of likely N-dealkylation sites (N-methyl/N-ethyl adjacent to an activating group) is 1. The lowest BCUT2D eigenvalue weighted by atomic mass is 10.2. The van der Waals surface area contributed by atoms with Crippen molar-refractivity contribution < 1.29 is 4.79 Å². The van der Waals surface area contributed by atoms with E-state index in [2.05, 4.69) is 41.3 Å². The number of hydrogen-bond acceptors (Lipinski definition) is 2. The van der Waals surface area contributed by atoms with Crippen LogP contribution in [-0.2, 0) is 0 Å². The molecule has 1 fully saturated rings. The maximum atomic E-state index is 12.6. The number of halogens is 2. The fraction of sp³-hybridized carbons (Fsp3) is 0.533. The molecule has 20 heavy (non-hydrogen) atoms. The maximum Gasteiger partial charge on any atom is 0.255 e. The average molecular weight is 407 g/mol. The van der Waals surface area contributed by atoms with Gasteiger partial charge < -0.3 is 4.90 Å². The minimum absolute atomic E-state index is 0.103. The molecule has 3 nitrogen and oxygen atoms in total. The van der Waals surface area contributed by atoms with Crippen molar-refractivity contribution in [1.82, 2.24) is 9.80 Å². The molecular formula is C15H20ClIN2O. The van der Waals surface area contributed by atoms with Crippen LogP contribution in [-0.4, -0.2) is 47.9 Å². The zero-order valence-electron chi connectivity index (χ0n) is 11.9. The highest BCUT2D eigenvalue weighted by atomic mass is 127. The summed E-state index contributed by atoms with van der Waals surface area (Å²) in [5, 5.41) is 0.619. The molecule has 0 bridgehead atoms. The molecule has 1 unspecified atom stereocenters. The quantitative estimate of drug-likeness (QED) is 0.715. The standard InChI is InChI=1S/C15H20ClIN2O/c1-3-18(4-2)12-7-8-19(10-12)15(20)13-9-11(16)5-6-14(13)17/h5-6,9,12H,3-4,7-8,10H2,1-2H3. The van der Waals surface area contributed by atoms with Gasteiger partial charge in [-0.2, -0.15) is 0 Å². The van der Waals surface area contributed by atoms with E-state index >= 15 is 0 Å². The molecule has 0 N–H and O–H groups in total. The van der Waals surface area contributed by atoms with Gasteiger partial charge in [0.2, 0.25) is 0 Å². The van der Waals surface area contributed by atoms with Gasteiger partial charge in [0, 0.05) is 27.7 Å². The molecule has 1 heterocycles. The van der Waals surface area contributed by atoms with Crippen LogP contribution in [0.5, 0.6) is 0 Å². The number of carbonyl (C=O) groups excluding carboxylic acids is 1. The number of benzene rings is 1. The van der Waals surface area contributed by atoms with Gasteiger partial charge >= 0.3 is 0 Å². The molecule has 2 rings (SSSR count). The van der Waals surface area contributed by atoms with E-state index in [-0.39, 0.29) is 5.91 Å². The second kappa shape index (κ2) is 7.09. The number of likely N-dealkylation sites (tertiary alicyclic amines) is 1. The molecule has 0 aromatic heterocycles. The van der Waals surface area contributed by atoms with Crippen molar-refractivity contribution in [3.63, 3.8) is 0 Å². The van der Waals surface area contributed by atoms with Crippen molar-refractivity contribution in [2.45, 2.75) is 26.3 Å². The highest BCUT2D eigenvalue weighted by Crippen LogP contribution is 2.23. The van der Waals surface area contributed by atoms with E-state index in [9.17, 15) is 4.79 Å². The molecule has 0 spiro atoms. The third-order valence-electron chi connectivity index (χ3n) is 3.94. The largest absolute Gasteiger partial charge is 0.337 e. The van der Waals surface area contributed by atoms with E-state index in [0.29, 0.717) is 11.1 Å². The predicted molar refractivity (Wildman–Crippen MR) is 91.4 cm³/mol. The Morgan fingerprint density at radius 1 is 1.45 bits per heavy atom. The van der Waals surface area contributed by atoms with Gasteiger partial charge in [0.15, 0.2) is 0 Å². The van der Waals surface area contributed by atoms with Crippen molar-refractivity contribution in [1.29, 1.82) is 0 Å². The predicted octanol–water partition coefficient (Wildman–Crippen LogP) is 3.50. The molecular weight excluding hydrogens is 387 g/mol. The van der Waals surface area contributed by atoms with Crippen molar-refractivity contribution in [3.05, 3.63) is 32.4 Å². The lowest BCUT2D eigenvalue weighted by Gasteiger charge is -2.26. The maximum absolute atomic E-state index is 12.6. The molecule has 0 saturated carbocycles. The van der Waals surface area contributed by atoms with E-state index < -0.39 is 0 Å². The highest BCUT2D eigenvalue weighted by Gasteiger charge is 2.30. The Kier molecular flexibility index (Phi) is 5.69. The summed E-state index contributed by atoms with van der Waals surface area (Å²) in [5.41, 5.74) is 0.721. The second-order valence-corrected chi connectivity index (χ2v) is 6.64. The van der Waals surface area contributed by atoms with Crippen molar-refractivity contribution in [2.24, 2.45) is 0 Å². The summed E-state index contributed by atoms with van der Waals surface area (Å²) in [6.07, 6.45) is 1.06. The Morgan fingerprint density at radius 3 is 2.80 bits per heavy atom. The van der Waals surface area contributed by atoms with Crippen LogP contribution in [0.25, 0.3) is 0 Å². The lowest BCUT2D eigenvalue weighted by molar-refractivity contribution is 0.0777. The Bertz CT molecular complexity index is 491.